The predicted octanol–water partition coefficient (Wildman–Crippen LogP) is 6.44. The minimum Gasteiger partial charge on any atom is -0.467 e. The van der Waals surface area contributed by atoms with Crippen LogP contribution in [-0.2, 0) is 4.79 Å². The summed E-state index contributed by atoms with van der Waals surface area (Å²) in [6, 6.07) is 2.30. The Hall–Kier alpha value is -1.16. The molecule has 3 aliphatic rings. The maximum atomic E-state index is 13.5. The van der Waals surface area contributed by atoms with Crippen molar-refractivity contribution in [3.8, 4) is 5.75 Å². The molecule has 1 aromatic rings. The fraction of sp³-hybridized carbons (Fsp3) is 0.667. The summed E-state index contributed by atoms with van der Waals surface area (Å²) in [5, 5.41) is 0. The smallest absolute Gasteiger partial charge is 0.193 e. The van der Waals surface area contributed by atoms with Crippen LogP contribution in [0.1, 0.15) is 82.9 Å². The van der Waals surface area contributed by atoms with Crippen LogP contribution in [0, 0.1) is 30.1 Å². The lowest BCUT2D eigenvalue weighted by Crippen LogP contribution is -2.32. The zero-order chi connectivity index (χ0) is 20.4. The zero-order valence-corrected chi connectivity index (χ0v) is 19.5. The van der Waals surface area contributed by atoms with Gasteiger partial charge in [0.15, 0.2) is 12.0 Å². The van der Waals surface area contributed by atoms with Crippen LogP contribution in [0.2, 0.25) is 0 Å². The number of hydrogen-bond acceptors (Lipinski definition) is 3. The van der Waals surface area contributed by atoms with E-state index in [-0.39, 0.29) is 23.3 Å². The van der Waals surface area contributed by atoms with Gasteiger partial charge in [0.05, 0.1) is 10.0 Å². The SMILES string of the molecule is CCC(C)[C@@H]1N=C2C(=O)C[C@]3(C)CCC(C(C)C)[C@@H]3c3cc(C)c(Br)c(c32)O1. The van der Waals surface area contributed by atoms with Crippen LogP contribution in [0.15, 0.2) is 15.5 Å². The van der Waals surface area contributed by atoms with E-state index in [4.69, 9.17) is 9.73 Å². The van der Waals surface area contributed by atoms with Gasteiger partial charge < -0.3 is 4.74 Å². The third-order valence-corrected chi connectivity index (χ3v) is 8.53. The summed E-state index contributed by atoms with van der Waals surface area (Å²) >= 11 is 3.76. The van der Waals surface area contributed by atoms with Gasteiger partial charge >= 0.3 is 0 Å². The highest BCUT2D eigenvalue weighted by Crippen LogP contribution is 2.60. The van der Waals surface area contributed by atoms with E-state index in [2.05, 4.69) is 63.5 Å². The van der Waals surface area contributed by atoms with Crippen molar-refractivity contribution in [2.45, 2.75) is 79.4 Å². The van der Waals surface area contributed by atoms with Crippen molar-refractivity contribution < 1.29 is 9.53 Å². The van der Waals surface area contributed by atoms with Gasteiger partial charge in [-0.05, 0) is 76.4 Å². The molecule has 1 saturated carbocycles. The van der Waals surface area contributed by atoms with Crippen molar-refractivity contribution in [3.05, 3.63) is 27.2 Å². The minimum atomic E-state index is -0.283. The normalized spacial score (nSPS) is 32.4. The number of Topliss-reactive ketones (excluding diaryl/α,β-unsaturated/α-hetero) is 1. The fourth-order valence-electron chi connectivity index (χ4n) is 5.69. The van der Waals surface area contributed by atoms with E-state index in [0.29, 0.717) is 29.9 Å². The van der Waals surface area contributed by atoms with E-state index in [1.807, 2.05) is 0 Å². The van der Waals surface area contributed by atoms with E-state index in [1.54, 1.807) is 0 Å². The van der Waals surface area contributed by atoms with Crippen LogP contribution in [0.3, 0.4) is 0 Å². The molecule has 28 heavy (non-hydrogen) atoms. The fourth-order valence-corrected chi connectivity index (χ4v) is 6.10. The summed E-state index contributed by atoms with van der Waals surface area (Å²) in [6.45, 7) is 13.4. The molecule has 0 bridgehead atoms. The topological polar surface area (TPSA) is 38.7 Å². The zero-order valence-electron chi connectivity index (χ0n) is 17.9. The molecule has 4 rings (SSSR count). The van der Waals surface area contributed by atoms with Crippen LogP contribution in [0.5, 0.6) is 5.75 Å². The molecule has 1 aliphatic heterocycles. The van der Waals surface area contributed by atoms with Gasteiger partial charge in [-0.1, -0.05) is 40.7 Å². The largest absolute Gasteiger partial charge is 0.467 e. The molecule has 0 saturated heterocycles. The molecule has 3 nitrogen and oxygen atoms in total. The highest BCUT2D eigenvalue weighted by atomic mass is 79.9. The summed E-state index contributed by atoms with van der Waals surface area (Å²) in [6.07, 6.45) is 3.58. The Balaban J connectivity index is 1.99. The van der Waals surface area contributed by atoms with E-state index in [0.717, 1.165) is 28.6 Å². The van der Waals surface area contributed by atoms with Crippen LogP contribution >= 0.6 is 15.9 Å². The first-order chi connectivity index (χ1) is 13.2. The highest BCUT2D eigenvalue weighted by molar-refractivity contribution is 9.10. The Morgan fingerprint density at radius 2 is 2.07 bits per heavy atom. The first kappa shape index (κ1) is 20.1. The monoisotopic (exact) mass is 445 g/mol. The van der Waals surface area contributed by atoms with Gasteiger partial charge in [-0.25, -0.2) is 4.99 Å². The van der Waals surface area contributed by atoms with Gasteiger partial charge in [-0.3, -0.25) is 4.79 Å². The number of rotatable bonds is 3. The molecular formula is C24H32BrNO2. The second-order valence-electron chi connectivity index (χ2n) is 9.85. The molecular weight excluding hydrogens is 414 g/mol. The number of carbonyl (C=O) groups excluding carboxylic acids is 1. The molecule has 1 heterocycles. The van der Waals surface area contributed by atoms with Crippen LogP contribution < -0.4 is 4.74 Å². The van der Waals surface area contributed by atoms with Crippen molar-refractivity contribution in [2.75, 3.05) is 0 Å². The first-order valence-corrected chi connectivity index (χ1v) is 11.6. The number of aliphatic imine (C=N–C) groups is 1. The average Bonchev–Trinajstić information content (AvgIpc) is 2.96. The van der Waals surface area contributed by atoms with E-state index in [1.165, 1.54) is 17.5 Å². The minimum absolute atomic E-state index is 0.00574. The van der Waals surface area contributed by atoms with Crippen LogP contribution in [0.25, 0.3) is 0 Å². The number of nitrogens with zero attached hydrogens (tertiary/aromatic N) is 1. The molecule has 2 unspecified atom stereocenters. The number of hydrogen-bond donors (Lipinski definition) is 0. The Morgan fingerprint density at radius 1 is 1.36 bits per heavy atom. The van der Waals surface area contributed by atoms with Crippen LogP contribution in [0.4, 0.5) is 0 Å². The van der Waals surface area contributed by atoms with Gasteiger partial charge in [0.25, 0.3) is 0 Å². The predicted molar refractivity (Wildman–Crippen MR) is 117 cm³/mol. The number of carbonyl (C=O) groups is 1. The number of ketones is 1. The third-order valence-electron chi connectivity index (χ3n) is 7.54. The van der Waals surface area contributed by atoms with E-state index in [9.17, 15) is 4.79 Å². The van der Waals surface area contributed by atoms with Crippen molar-refractivity contribution in [2.24, 2.45) is 28.2 Å². The van der Waals surface area contributed by atoms with Gasteiger partial charge in [0, 0.05) is 12.3 Å². The number of benzene rings is 1. The number of fused-ring (bicyclic) bond motifs is 2. The summed E-state index contributed by atoms with van der Waals surface area (Å²) in [5.41, 5.74) is 4.13. The second kappa shape index (κ2) is 6.97. The number of ether oxygens (including phenoxy) is 1. The molecule has 0 amide bonds. The van der Waals surface area contributed by atoms with Crippen LogP contribution in [-0.4, -0.2) is 17.7 Å². The number of aryl methyl sites for hydroxylation is 1. The van der Waals surface area contributed by atoms with E-state index >= 15 is 0 Å². The first-order valence-electron chi connectivity index (χ1n) is 10.8. The van der Waals surface area contributed by atoms with Gasteiger partial charge in [0.1, 0.15) is 11.5 Å². The Kier molecular flexibility index (Phi) is 5.01. The number of halogens is 1. The lowest BCUT2D eigenvalue weighted by atomic mass is 9.69. The molecule has 152 valence electrons. The summed E-state index contributed by atoms with van der Waals surface area (Å²) < 4.78 is 7.41. The maximum Gasteiger partial charge on any atom is 0.193 e. The van der Waals surface area contributed by atoms with Crippen molar-refractivity contribution in [1.29, 1.82) is 0 Å². The van der Waals surface area contributed by atoms with Gasteiger partial charge in [-0.2, -0.15) is 0 Å². The Bertz CT molecular complexity index is 859. The average molecular weight is 446 g/mol. The summed E-state index contributed by atoms with van der Waals surface area (Å²) in [7, 11) is 0. The summed E-state index contributed by atoms with van der Waals surface area (Å²) in [4.78, 5) is 18.4. The van der Waals surface area contributed by atoms with Crippen molar-refractivity contribution in [3.63, 3.8) is 0 Å². The molecule has 1 fully saturated rings. The molecule has 0 spiro atoms. The lowest BCUT2D eigenvalue weighted by Gasteiger charge is -2.36. The maximum absolute atomic E-state index is 13.5. The van der Waals surface area contributed by atoms with Crippen molar-refractivity contribution in [1.82, 2.24) is 0 Å². The highest BCUT2D eigenvalue weighted by Gasteiger charge is 2.52. The molecule has 0 aromatic heterocycles. The molecule has 4 heteroatoms. The van der Waals surface area contributed by atoms with Crippen molar-refractivity contribution >= 4 is 27.4 Å². The van der Waals surface area contributed by atoms with Gasteiger partial charge in [-0.15, -0.1) is 0 Å². The summed E-state index contributed by atoms with van der Waals surface area (Å²) in [5.74, 6) is 2.88. The third kappa shape index (κ3) is 2.89. The molecule has 1 aromatic carbocycles. The molecule has 2 aliphatic carbocycles. The Morgan fingerprint density at radius 3 is 2.71 bits per heavy atom. The molecule has 0 N–H and O–H groups in total. The standard InChI is InChI=1S/C24H32BrNO2/c1-7-13(4)23-26-21-17(27)11-24(6)9-8-15(12(2)3)19(24)16-10-14(5)20(25)22(28-23)18(16)21/h10,12-13,15,19,23H,7-9,11H2,1-6H3/t13?,15?,19-,23-,24+/m1/s1. The molecule has 0 radical (unpaired) electrons. The van der Waals surface area contributed by atoms with Gasteiger partial charge in [0.2, 0.25) is 0 Å². The lowest BCUT2D eigenvalue weighted by molar-refractivity contribution is -0.115. The second-order valence-corrected chi connectivity index (χ2v) is 10.6. The van der Waals surface area contributed by atoms with E-state index < -0.39 is 0 Å². The Labute approximate surface area is 177 Å². The quantitative estimate of drug-likeness (QED) is 0.536. The molecule has 5 atom stereocenters.